The van der Waals surface area contributed by atoms with E-state index in [4.69, 9.17) is 10.9 Å². The summed E-state index contributed by atoms with van der Waals surface area (Å²) in [5, 5.41) is 11.4. The summed E-state index contributed by atoms with van der Waals surface area (Å²) in [4.78, 5) is 6.30. The fourth-order valence-corrected chi connectivity index (χ4v) is 1.36. The van der Waals surface area contributed by atoms with Gasteiger partial charge in [-0.1, -0.05) is 5.16 Å². The largest absolute Gasteiger partial charge is 0.409 e. The van der Waals surface area contributed by atoms with Crippen LogP contribution in [0, 0.1) is 0 Å². The molecule has 0 aliphatic rings. The molecule has 0 aliphatic carbocycles. The van der Waals surface area contributed by atoms with Crippen LogP contribution < -0.4 is 10.6 Å². The first-order valence-electron chi connectivity index (χ1n) is 4.87. The number of nitrogens with zero attached hydrogens (tertiary/aromatic N) is 4. The van der Waals surface area contributed by atoms with Gasteiger partial charge in [0.15, 0.2) is 0 Å². The fourth-order valence-electron chi connectivity index (χ4n) is 1.36. The summed E-state index contributed by atoms with van der Waals surface area (Å²) in [5.41, 5.74) is 5.41. The SMILES string of the molecule is CCN(CCC(N)=NO)c1nccn1C. The number of anilines is 1. The summed E-state index contributed by atoms with van der Waals surface area (Å²) in [6, 6.07) is 0. The minimum atomic E-state index is 0.239. The van der Waals surface area contributed by atoms with Gasteiger partial charge in [-0.2, -0.15) is 0 Å². The molecule has 3 N–H and O–H groups in total. The number of oxime groups is 1. The first-order valence-corrected chi connectivity index (χ1v) is 4.87. The maximum absolute atomic E-state index is 8.43. The Kier molecular flexibility index (Phi) is 3.96. The second-order valence-electron chi connectivity index (χ2n) is 3.26. The molecule has 0 bridgehead atoms. The van der Waals surface area contributed by atoms with Crippen molar-refractivity contribution >= 4 is 11.8 Å². The van der Waals surface area contributed by atoms with Gasteiger partial charge < -0.3 is 20.4 Å². The average Bonchev–Trinajstić information content (AvgIpc) is 2.65. The molecule has 1 rings (SSSR count). The summed E-state index contributed by atoms with van der Waals surface area (Å²) in [7, 11) is 1.94. The van der Waals surface area contributed by atoms with E-state index in [0.717, 1.165) is 12.5 Å². The van der Waals surface area contributed by atoms with E-state index in [2.05, 4.69) is 15.0 Å². The van der Waals surface area contributed by atoms with E-state index in [0.29, 0.717) is 13.0 Å². The molecule has 0 spiro atoms. The van der Waals surface area contributed by atoms with E-state index in [1.165, 1.54) is 0 Å². The lowest BCUT2D eigenvalue weighted by Gasteiger charge is -2.21. The molecule has 84 valence electrons. The van der Waals surface area contributed by atoms with Crippen LogP contribution in [0.4, 0.5) is 5.95 Å². The molecular formula is C9H17N5O. The van der Waals surface area contributed by atoms with Crippen LogP contribution in [-0.2, 0) is 7.05 Å². The zero-order valence-corrected chi connectivity index (χ0v) is 9.09. The number of imidazole rings is 1. The van der Waals surface area contributed by atoms with Crippen LogP contribution in [0.1, 0.15) is 13.3 Å². The molecule has 0 radical (unpaired) electrons. The normalized spacial score (nSPS) is 11.7. The monoisotopic (exact) mass is 211 g/mol. The van der Waals surface area contributed by atoms with Crippen molar-refractivity contribution in [3.8, 4) is 0 Å². The molecule has 0 aromatic carbocycles. The average molecular weight is 211 g/mol. The van der Waals surface area contributed by atoms with Gasteiger partial charge in [0.05, 0.1) is 0 Å². The zero-order chi connectivity index (χ0) is 11.3. The molecule has 6 nitrogen and oxygen atoms in total. The van der Waals surface area contributed by atoms with Crippen molar-refractivity contribution in [1.29, 1.82) is 0 Å². The Labute approximate surface area is 89.0 Å². The lowest BCUT2D eigenvalue weighted by atomic mass is 10.3. The number of aryl methyl sites for hydroxylation is 1. The van der Waals surface area contributed by atoms with Crippen LogP contribution in [-0.4, -0.2) is 33.7 Å². The molecule has 0 amide bonds. The standard InChI is InChI=1S/C9H17N5O/c1-3-14(6-4-8(10)12-15)9-11-5-7-13(9)2/h5,7,15H,3-4,6H2,1-2H3,(H2,10,12). The minimum absolute atomic E-state index is 0.239. The molecule has 6 heteroatoms. The lowest BCUT2D eigenvalue weighted by molar-refractivity contribution is 0.317. The Bertz CT molecular complexity index is 333. The lowest BCUT2D eigenvalue weighted by Crippen LogP contribution is -2.29. The van der Waals surface area contributed by atoms with Gasteiger partial charge in [-0.3, -0.25) is 0 Å². The molecule has 1 aromatic rings. The number of rotatable bonds is 5. The van der Waals surface area contributed by atoms with Crippen LogP contribution >= 0.6 is 0 Å². The molecule has 15 heavy (non-hydrogen) atoms. The molecule has 0 saturated carbocycles. The van der Waals surface area contributed by atoms with Gasteiger partial charge in [0.25, 0.3) is 0 Å². The third kappa shape index (κ3) is 2.87. The Morgan fingerprint density at radius 3 is 2.93 bits per heavy atom. The van der Waals surface area contributed by atoms with Gasteiger partial charge >= 0.3 is 0 Å². The predicted octanol–water partition coefficient (Wildman–Crippen LogP) is 0.383. The van der Waals surface area contributed by atoms with Crippen molar-refractivity contribution in [2.45, 2.75) is 13.3 Å². The van der Waals surface area contributed by atoms with Crippen LogP contribution in [0.25, 0.3) is 0 Å². The number of hydrogen-bond donors (Lipinski definition) is 2. The van der Waals surface area contributed by atoms with Gasteiger partial charge in [-0.15, -0.1) is 0 Å². The number of aromatic nitrogens is 2. The quantitative estimate of drug-likeness (QED) is 0.319. The highest BCUT2D eigenvalue weighted by molar-refractivity contribution is 5.80. The molecule has 0 fully saturated rings. The van der Waals surface area contributed by atoms with Crippen molar-refractivity contribution in [2.75, 3.05) is 18.0 Å². The molecule has 1 heterocycles. The Balaban J connectivity index is 2.61. The number of amidine groups is 1. The smallest absolute Gasteiger partial charge is 0.205 e. The Morgan fingerprint density at radius 1 is 1.73 bits per heavy atom. The van der Waals surface area contributed by atoms with Gasteiger partial charge in [0.2, 0.25) is 5.95 Å². The van der Waals surface area contributed by atoms with Gasteiger partial charge in [-0.25, -0.2) is 4.98 Å². The molecule has 0 aliphatic heterocycles. The van der Waals surface area contributed by atoms with Gasteiger partial charge in [-0.05, 0) is 6.92 Å². The highest BCUT2D eigenvalue weighted by Gasteiger charge is 2.09. The third-order valence-corrected chi connectivity index (χ3v) is 2.23. The first kappa shape index (κ1) is 11.4. The van der Waals surface area contributed by atoms with Crippen molar-refractivity contribution < 1.29 is 5.21 Å². The van der Waals surface area contributed by atoms with E-state index < -0.39 is 0 Å². The van der Waals surface area contributed by atoms with Crippen LogP contribution in [0.5, 0.6) is 0 Å². The second kappa shape index (κ2) is 5.23. The molecule has 0 atom stereocenters. The van der Waals surface area contributed by atoms with E-state index in [1.54, 1.807) is 6.20 Å². The Hall–Kier alpha value is -1.72. The topological polar surface area (TPSA) is 79.7 Å². The fraction of sp³-hybridized carbons (Fsp3) is 0.556. The van der Waals surface area contributed by atoms with Crippen LogP contribution in [0.3, 0.4) is 0 Å². The zero-order valence-electron chi connectivity index (χ0n) is 9.09. The molecule has 0 unspecified atom stereocenters. The predicted molar refractivity (Wildman–Crippen MR) is 59.1 cm³/mol. The van der Waals surface area contributed by atoms with Crippen molar-refractivity contribution in [2.24, 2.45) is 17.9 Å². The highest BCUT2D eigenvalue weighted by Crippen LogP contribution is 2.09. The minimum Gasteiger partial charge on any atom is -0.409 e. The van der Waals surface area contributed by atoms with Gasteiger partial charge in [0, 0.05) is 39.0 Å². The highest BCUT2D eigenvalue weighted by atomic mass is 16.4. The summed E-state index contributed by atoms with van der Waals surface area (Å²) in [6.45, 7) is 3.57. The van der Waals surface area contributed by atoms with Crippen molar-refractivity contribution in [1.82, 2.24) is 9.55 Å². The summed E-state index contributed by atoms with van der Waals surface area (Å²) < 4.78 is 1.94. The van der Waals surface area contributed by atoms with Gasteiger partial charge in [0.1, 0.15) is 5.84 Å². The van der Waals surface area contributed by atoms with E-state index in [1.807, 2.05) is 24.7 Å². The van der Waals surface area contributed by atoms with Crippen LogP contribution in [0.2, 0.25) is 0 Å². The molecule has 0 saturated heterocycles. The molecule has 1 aromatic heterocycles. The summed E-state index contributed by atoms with van der Waals surface area (Å²) in [6.07, 6.45) is 4.17. The first-order chi connectivity index (χ1) is 7.19. The molecular weight excluding hydrogens is 194 g/mol. The third-order valence-electron chi connectivity index (χ3n) is 2.23. The van der Waals surface area contributed by atoms with Crippen molar-refractivity contribution in [3.05, 3.63) is 12.4 Å². The summed E-state index contributed by atoms with van der Waals surface area (Å²) >= 11 is 0. The van der Waals surface area contributed by atoms with E-state index in [9.17, 15) is 0 Å². The second-order valence-corrected chi connectivity index (χ2v) is 3.26. The number of hydrogen-bond acceptors (Lipinski definition) is 4. The van der Waals surface area contributed by atoms with E-state index in [-0.39, 0.29) is 5.84 Å². The van der Waals surface area contributed by atoms with E-state index >= 15 is 0 Å². The van der Waals surface area contributed by atoms with Crippen LogP contribution in [0.15, 0.2) is 17.5 Å². The maximum Gasteiger partial charge on any atom is 0.205 e. The Morgan fingerprint density at radius 2 is 2.47 bits per heavy atom. The maximum atomic E-state index is 8.43. The summed E-state index contributed by atoms with van der Waals surface area (Å²) in [5.74, 6) is 1.13. The van der Waals surface area contributed by atoms with Crippen molar-refractivity contribution in [3.63, 3.8) is 0 Å². The number of nitrogens with two attached hydrogens (primary N) is 1.